The molecule has 11 heteroatoms. The van der Waals surface area contributed by atoms with Crippen molar-refractivity contribution in [1.82, 2.24) is 10.2 Å². The molecule has 0 aliphatic carbocycles. The van der Waals surface area contributed by atoms with Gasteiger partial charge in [0, 0.05) is 30.1 Å². The number of benzene rings is 4. The lowest BCUT2D eigenvalue weighted by Crippen LogP contribution is -2.56. The zero-order valence-electron chi connectivity index (χ0n) is 26.6. The molecule has 0 bridgehead atoms. The van der Waals surface area contributed by atoms with Crippen LogP contribution in [0.4, 0.5) is 10.1 Å². The van der Waals surface area contributed by atoms with Crippen LogP contribution in [0.2, 0.25) is 0 Å². The first kappa shape index (κ1) is 33.5. The van der Waals surface area contributed by atoms with E-state index in [9.17, 15) is 18.0 Å². The number of carbonyl (C=O) groups is 2. The second-order valence-electron chi connectivity index (χ2n) is 12.2. The smallest absolute Gasteiger partial charge is 0.264 e. The van der Waals surface area contributed by atoms with E-state index in [0.29, 0.717) is 18.1 Å². The lowest BCUT2D eigenvalue weighted by Gasteiger charge is -2.35. The minimum Gasteiger partial charge on any atom is -0.486 e. The average molecular weight is 660 g/mol. The molecule has 0 unspecified atom stereocenters. The van der Waals surface area contributed by atoms with E-state index in [1.54, 1.807) is 30.3 Å². The number of hydrogen-bond donors (Lipinski definition) is 1. The minimum absolute atomic E-state index is 0.0327. The van der Waals surface area contributed by atoms with Crippen molar-refractivity contribution in [2.75, 3.05) is 24.1 Å². The van der Waals surface area contributed by atoms with Crippen LogP contribution in [-0.2, 0) is 32.6 Å². The Hall–Kier alpha value is -4.90. The molecule has 0 radical (unpaired) electrons. The van der Waals surface area contributed by atoms with Gasteiger partial charge in [0.15, 0.2) is 11.5 Å². The van der Waals surface area contributed by atoms with E-state index in [0.717, 1.165) is 9.87 Å². The fourth-order valence-electron chi connectivity index (χ4n) is 5.25. The molecule has 1 aliphatic heterocycles. The molecular weight excluding hydrogens is 621 g/mol. The van der Waals surface area contributed by atoms with Gasteiger partial charge in [-0.15, -0.1) is 0 Å². The largest absolute Gasteiger partial charge is 0.486 e. The number of hydrogen-bond acceptors (Lipinski definition) is 6. The highest BCUT2D eigenvalue weighted by Gasteiger charge is 2.36. The third-order valence-corrected chi connectivity index (χ3v) is 9.28. The Kier molecular flexibility index (Phi) is 10.1. The Morgan fingerprint density at radius 2 is 1.47 bits per heavy atom. The van der Waals surface area contributed by atoms with Crippen LogP contribution in [0.1, 0.15) is 31.9 Å². The Bertz CT molecular complexity index is 1810. The predicted octanol–water partition coefficient (Wildman–Crippen LogP) is 5.35. The second kappa shape index (κ2) is 14.3. The van der Waals surface area contributed by atoms with Crippen LogP contribution in [0.15, 0.2) is 108 Å². The molecule has 2 amide bonds. The summed E-state index contributed by atoms with van der Waals surface area (Å²) in [6.45, 7) is 5.14. The van der Waals surface area contributed by atoms with Gasteiger partial charge < -0.3 is 19.7 Å². The van der Waals surface area contributed by atoms with E-state index in [2.05, 4.69) is 5.32 Å². The normalized spacial score (nSPS) is 13.4. The zero-order chi connectivity index (χ0) is 33.6. The lowest BCUT2D eigenvalue weighted by molar-refractivity contribution is -0.140. The molecule has 0 saturated carbocycles. The topological polar surface area (TPSA) is 105 Å². The van der Waals surface area contributed by atoms with E-state index in [1.807, 2.05) is 51.1 Å². The molecule has 1 heterocycles. The Labute approximate surface area is 275 Å². The standard InChI is InChI=1S/C36H38FN3O6S/c1-36(2,3)38-35(42)31(22-26-12-6-4-7-13-26)39(24-27-14-10-11-17-30(27)37)34(41)25-40(47(43,44)29-15-8-5-9-16-29)28-18-19-32-33(23-28)46-21-20-45-32/h4-19,23,31H,20-22,24-25H2,1-3H3,(H,38,42)/t31-/m1/s1. The van der Waals surface area contributed by atoms with E-state index in [-0.39, 0.29) is 35.7 Å². The summed E-state index contributed by atoms with van der Waals surface area (Å²) in [5.41, 5.74) is 0.468. The Morgan fingerprint density at radius 3 is 2.13 bits per heavy atom. The molecule has 47 heavy (non-hydrogen) atoms. The molecule has 246 valence electrons. The van der Waals surface area contributed by atoms with Gasteiger partial charge in [-0.05, 0) is 56.7 Å². The number of carbonyl (C=O) groups excluding carboxylic acids is 2. The third kappa shape index (κ3) is 8.28. The van der Waals surface area contributed by atoms with Gasteiger partial charge >= 0.3 is 0 Å². The first-order chi connectivity index (χ1) is 22.4. The van der Waals surface area contributed by atoms with E-state index in [1.165, 1.54) is 47.4 Å². The van der Waals surface area contributed by atoms with Crippen LogP contribution in [0, 0.1) is 5.82 Å². The summed E-state index contributed by atoms with van der Waals surface area (Å²) in [4.78, 5) is 29.8. The number of anilines is 1. The van der Waals surface area contributed by atoms with Crippen LogP contribution in [0.5, 0.6) is 11.5 Å². The first-order valence-corrected chi connectivity index (χ1v) is 16.7. The highest BCUT2D eigenvalue weighted by molar-refractivity contribution is 7.92. The molecule has 0 fully saturated rings. The van der Waals surface area contributed by atoms with Crippen LogP contribution in [0.25, 0.3) is 0 Å². The maximum absolute atomic E-state index is 15.1. The van der Waals surface area contributed by atoms with Gasteiger partial charge in [0.1, 0.15) is 31.6 Å². The van der Waals surface area contributed by atoms with E-state index < -0.39 is 45.8 Å². The van der Waals surface area contributed by atoms with Gasteiger partial charge in [-0.1, -0.05) is 66.7 Å². The van der Waals surface area contributed by atoms with Crippen molar-refractivity contribution < 1.29 is 31.9 Å². The number of amides is 2. The van der Waals surface area contributed by atoms with Crippen molar-refractivity contribution in [2.24, 2.45) is 0 Å². The number of halogens is 1. The van der Waals surface area contributed by atoms with Crippen LogP contribution in [-0.4, -0.2) is 56.5 Å². The summed E-state index contributed by atoms with van der Waals surface area (Å²) in [5.74, 6) is -0.924. The Morgan fingerprint density at radius 1 is 0.851 bits per heavy atom. The number of nitrogens with one attached hydrogen (secondary N) is 1. The van der Waals surface area contributed by atoms with Crippen LogP contribution < -0.4 is 19.1 Å². The summed E-state index contributed by atoms with van der Waals surface area (Å²) in [6.07, 6.45) is 0.110. The monoisotopic (exact) mass is 659 g/mol. The van der Waals surface area contributed by atoms with Gasteiger partial charge in [0.2, 0.25) is 11.8 Å². The number of nitrogens with zero attached hydrogens (tertiary/aromatic N) is 2. The predicted molar refractivity (Wildman–Crippen MR) is 177 cm³/mol. The molecule has 1 N–H and O–H groups in total. The van der Waals surface area contributed by atoms with Crippen molar-refractivity contribution in [3.05, 3.63) is 120 Å². The first-order valence-electron chi connectivity index (χ1n) is 15.3. The molecule has 0 saturated heterocycles. The summed E-state index contributed by atoms with van der Waals surface area (Å²) < 4.78 is 55.8. The molecule has 1 atom stereocenters. The third-order valence-electron chi connectivity index (χ3n) is 7.49. The maximum Gasteiger partial charge on any atom is 0.264 e. The van der Waals surface area contributed by atoms with Crippen LogP contribution >= 0.6 is 0 Å². The molecule has 4 aromatic rings. The second-order valence-corrected chi connectivity index (χ2v) is 14.1. The average Bonchev–Trinajstić information content (AvgIpc) is 3.05. The molecule has 0 aromatic heterocycles. The van der Waals surface area contributed by atoms with Gasteiger partial charge in [0.25, 0.3) is 10.0 Å². The maximum atomic E-state index is 15.1. The molecule has 4 aromatic carbocycles. The van der Waals surface area contributed by atoms with Crippen molar-refractivity contribution in [3.8, 4) is 11.5 Å². The van der Waals surface area contributed by atoms with Gasteiger partial charge in [-0.3, -0.25) is 13.9 Å². The quantitative estimate of drug-likeness (QED) is 0.233. The SMILES string of the molecule is CC(C)(C)NC(=O)[C@@H](Cc1ccccc1)N(Cc1ccccc1F)C(=O)CN(c1ccc2c(c1)OCCO2)S(=O)(=O)c1ccccc1. The highest BCUT2D eigenvalue weighted by Crippen LogP contribution is 2.36. The number of sulfonamides is 1. The van der Waals surface area contributed by atoms with Crippen LogP contribution in [0.3, 0.4) is 0 Å². The fraction of sp³-hybridized carbons (Fsp3) is 0.278. The van der Waals surface area contributed by atoms with Crippen molar-refractivity contribution >= 4 is 27.5 Å². The lowest BCUT2D eigenvalue weighted by atomic mass is 10.0. The molecule has 9 nitrogen and oxygen atoms in total. The summed E-state index contributed by atoms with van der Waals surface area (Å²) >= 11 is 0. The van der Waals surface area contributed by atoms with Gasteiger partial charge in [-0.2, -0.15) is 0 Å². The van der Waals surface area contributed by atoms with E-state index in [4.69, 9.17) is 9.47 Å². The Balaban J connectivity index is 1.60. The summed E-state index contributed by atoms with van der Waals surface area (Å²) in [7, 11) is -4.31. The fourth-order valence-corrected chi connectivity index (χ4v) is 6.68. The molecule has 0 spiro atoms. The molecule has 1 aliphatic rings. The molecular formula is C36H38FN3O6S. The number of rotatable bonds is 11. The summed E-state index contributed by atoms with van der Waals surface area (Å²) in [5, 5.41) is 2.96. The minimum atomic E-state index is -4.31. The van der Waals surface area contributed by atoms with Gasteiger partial charge in [-0.25, -0.2) is 12.8 Å². The number of ether oxygens (including phenoxy) is 2. The van der Waals surface area contributed by atoms with Gasteiger partial charge in [0.05, 0.1) is 10.6 Å². The molecule has 5 rings (SSSR count). The summed E-state index contributed by atoms with van der Waals surface area (Å²) in [6, 6.07) is 26.5. The zero-order valence-corrected chi connectivity index (χ0v) is 27.4. The van der Waals surface area contributed by atoms with Crippen molar-refractivity contribution in [3.63, 3.8) is 0 Å². The highest BCUT2D eigenvalue weighted by atomic mass is 32.2. The van der Waals surface area contributed by atoms with E-state index >= 15 is 4.39 Å². The van der Waals surface area contributed by atoms with Crippen molar-refractivity contribution in [2.45, 2.75) is 50.2 Å². The number of fused-ring (bicyclic) bond motifs is 1. The van der Waals surface area contributed by atoms with Crippen molar-refractivity contribution in [1.29, 1.82) is 0 Å².